The van der Waals surface area contributed by atoms with Gasteiger partial charge >= 0.3 is 5.69 Å². The summed E-state index contributed by atoms with van der Waals surface area (Å²) in [6.07, 6.45) is 6.53. The zero-order valence-corrected chi connectivity index (χ0v) is 14.4. The van der Waals surface area contributed by atoms with Crippen molar-refractivity contribution in [2.45, 2.75) is 18.9 Å². The van der Waals surface area contributed by atoms with Crippen LogP contribution in [0.15, 0.2) is 40.4 Å². The van der Waals surface area contributed by atoms with Crippen LogP contribution in [-0.2, 0) is 0 Å². The molecule has 0 radical (unpaired) electrons. The number of aromatic hydroxyl groups is 1. The third-order valence-electron chi connectivity index (χ3n) is 4.40. The van der Waals surface area contributed by atoms with Gasteiger partial charge in [0.15, 0.2) is 11.1 Å². The van der Waals surface area contributed by atoms with Gasteiger partial charge in [0.1, 0.15) is 5.69 Å². The monoisotopic (exact) mass is 379 g/mol. The van der Waals surface area contributed by atoms with Gasteiger partial charge in [-0.1, -0.05) is 0 Å². The minimum atomic E-state index is -0.602. The van der Waals surface area contributed by atoms with Crippen LogP contribution >= 0.6 is 0 Å². The van der Waals surface area contributed by atoms with Crippen LogP contribution in [0.1, 0.15) is 18.5 Å². The second-order valence-corrected chi connectivity index (χ2v) is 6.55. The van der Waals surface area contributed by atoms with Crippen LogP contribution in [-0.4, -0.2) is 40.7 Å². The lowest BCUT2D eigenvalue weighted by Crippen LogP contribution is -2.19. The van der Waals surface area contributed by atoms with Crippen LogP contribution < -0.4 is 16.4 Å². The van der Waals surface area contributed by atoms with E-state index in [2.05, 4.69) is 30.0 Å². The number of hydrogen-bond acceptors (Lipinski definition) is 6. The summed E-state index contributed by atoms with van der Waals surface area (Å²) in [6, 6.07) is 4.97. The molecule has 0 unspecified atom stereocenters. The number of aromatic nitrogens is 6. The predicted octanol–water partition coefficient (Wildman–Crippen LogP) is 0.263. The van der Waals surface area contributed by atoms with E-state index >= 15 is 0 Å². The molecule has 10 heteroatoms. The van der Waals surface area contributed by atoms with Crippen LogP contribution in [0, 0.1) is 5.95 Å². The fourth-order valence-corrected chi connectivity index (χ4v) is 2.91. The van der Waals surface area contributed by atoms with Crippen LogP contribution in [0.3, 0.4) is 0 Å². The maximum absolute atomic E-state index is 13.6. The van der Waals surface area contributed by atoms with Gasteiger partial charge in [-0.2, -0.15) is 14.0 Å². The Morgan fingerprint density at radius 1 is 1.32 bits per heavy atom. The first-order valence-electron chi connectivity index (χ1n) is 8.64. The Balaban J connectivity index is 1.79. The minimum absolute atomic E-state index is 0.211. The van der Waals surface area contributed by atoms with Crippen molar-refractivity contribution in [3.8, 4) is 17.1 Å². The van der Waals surface area contributed by atoms with E-state index in [9.17, 15) is 14.3 Å². The molecule has 4 heterocycles. The topological polar surface area (TPSA) is 124 Å². The van der Waals surface area contributed by atoms with Gasteiger partial charge in [-0.3, -0.25) is 9.98 Å². The van der Waals surface area contributed by atoms with E-state index in [0.717, 1.165) is 12.8 Å². The summed E-state index contributed by atoms with van der Waals surface area (Å²) in [5.41, 5.74) is 1.84. The van der Waals surface area contributed by atoms with Crippen LogP contribution in [0.4, 0.5) is 4.39 Å². The van der Waals surface area contributed by atoms with Gasteiger partial charge in [-0.25, -0.2) is 14.8 Å². The van der Waals surface area contributed by atoms with Crippen molar-refractivity contribution in [1.29, 1.82) is 0 Å². The van der Waals surface area contributed by atoms with E-state index in [1.807, 2.05) is 0 Å². The molecule has 1 saturated carbocycles. The van der Waals surface area contributed by atoms with E-state index in [-0.39, 0.29) is 17.6 Å². The molecule has 3 N–H and O–H groups in total. The van der Waals surface area contributed by atoms with Crippen LogP contribution in [0.5, 0.6) is 5.88 Å². The lowest BCUT2D eigenvalue weighted by molar-refractivity contribution is 0.454. The molecule has 1 aliphatic carbocycles. The maximum atomic E-state index is 13.6. The molecule has 4 aromatic rings. The number of H-pyrrole nitrogens is 2. The highest BCUT2D eigenvalue weighted by atomic mass is 19.1. The third kappa shape index (κ3) is 2.94. The third-order valence-corrected chi connectivity index (χ3v) is 4.40. The SMILES string of the molecule is O=c1[nH]c(O)c(/C=c2\cnn3c(=NC4CC4)cc(-c4ccnc(F)c4)nc23)[nH]1. The Morgan fingerprint density at radius 2 is 2.18 bits per heavy atom. The maximum Gasteiger partial charge on any atom is 0.326 e. The van der Waals surface area contributed by atoms with Gasteiger partial charge in [0.25, 0.3) is 0 Å². The van der Waals surface area contributed by atoms with Gasteiger partial charge in [-0.15, -0.1) is 0 Å². The predicted molar refractivity (Wildman–Crippen MR) is 96.6 cm³/mol. The van der Waals surface area contributed by atoms with E-state index in [0.29, 0.717) is 27.6 Å². The summed E-state index contributed by atoms with van der Waals surface area (Å²) < 4.78 is 15.2. The number of nitrogens with zero attached hydrogens (tertiary/aromatic N) is 5. The molecule has 0 bridgehead atoms. The summed E-state index contributed by atoms with van der Waals surface area (Å²) in [6.45, 7) is 0. The standard InChI is InChI=1S/C18H14FN7O2/c19-14-6-9(3-4-20-14)12-7-15(22-11-1-2-11)26-16(23-12)10(8-21-26)5-13-17(27)25-18(28)24-13/h3-8,11,27H,1-2H2,(H2,24,25,28)/b10-5+,22-15?. The fraction of sp³-hybridized carbons (Fsp3) is 0.167. The average molecular weight is 379 g/mol. The highest BCUT2D eigenvalue weighted by Gasteiger charge is 2.20. The molecule has 1 aliphatic rings. The number of halogens is 1. The number of pyridine rings is 1. The van der Waals surface area contributed by atoms with Gasteiger partial charge < -0.3 is 10.1 Å². The number of fused-ring (bicyclic) bond motifs is 1. The van der Waals surface area contributed by atoms with E-state index < -0.39 is 11.6 Å². The molecule has 5 rings (SSSR count). The first-order chi connectivity index (χ1) is 13.6. The molecule has 0 amide bonds. The molecular formula is C18H14FN7O2. The summed E-state index contributed by atoms with van der Waals surface area (Å²) in [5, 5.41) is 14.7. The summed E-state index contributed by atoms with van der Waals surface area (Å²) in [5.74, 6) is -0.880. The number of imidazole rings is 1. The second kappa shape index (κ2) is 6.12. The zero-order chi connectivity index (χ0) is 19.3. The molecule has 140 valence electrons. The Labute approximate surface area is 156 Å². The van der Waals surface area contributed by atoms with Crippen LogP contribution in [0.2, 0.25) is 0 Å². The van der Waals surface area contributed by atoms with E-state index in [1.54, 1.807) is 28.9 Å². The Morgan fingerprint density at radius 3 is 2.89 bits per heavy atom. The molecule has 0 aromatic carbocycles. The van der Waals surface area contributed by atoms with Gasteiger partial charge in [0.2, 0.25) is 11.8 Å². The molecule has 1 fully saturated rings. The Hall–Kier alpha value is -3.82. The minimum Gasteiger partial charge on any atom is -0.493 e. The van der Waals surface area contributed by atoms with Crippen molar-refractivity contribution in [1.82, 2.24) is 29.5 Å². The number of hydrogen-bond donors (Lipinski definition) is 3. The van der Waals surface area contributed by atoms with Gasteiger partial charge in [-0.05, 0) is 25.0 Å². The largest absolute Gasteiger partial charge is 0.493 e. The van der Waals surface area contributed by atoms with E-state index in [4.69, 9.17) is 0 Å². The zero-order valence-electron chi connectivity index (χ0n) is 14.4. The van der Waals surface area contributed by atoms with Crippen molar-refractivity contribution in [2.75, 3.05) is 0 Å². The number of aromatic amines is 2. The van der Waals surface area contributed by atoms with Crippen molar-refractivity contribution in [3.63, 3.8) is 0 Å². The average Bonchev–Trinajstić information content (AvgIpc) is 3.30. The molecule has 9 nitrogen and oxygen atoms in total. The molecule has 4 aromatic heterocycles. The van der Waals surface area contributed by atoms with Crippen molar-refractivity contribution < 1.29 is 9.50 Å². The summed E-state index contributed by atoms with van der Waals surface area (Å²) in [4.78, 5) is 29.0. The highest BCUT2D eigenvalue weighted by molar-refractivity contribution is 5.63. The lowest BCUT2D eigenvalue weighted by Gasteiger charge is -2.03. The smallest absolute Gasteiger partial charge is 0.326 e. The number of nitrogens with one attached hydrogen (secondary N) is 2. The molecule has 0 aliphatic heterocycles. The van der Waals surface area contributed by atoms with E-state index in [1.165, 1.54) is 12.3 Å². The van der Waals surface area contributed by atoms with Crippen LogP contribution in [0.25, 0.3) is 23.0 Å². The normalized spacial score (nSPS) is 15.6. The molecular weight excluding hydrogens is 365 g/mol. The molecule has 28 heavy (non-hydrogen) atoms. The lowest BCUT2D eigenvalue weighted by atomic mass is 10.2. The molecule has 0 saturated heterocycles. The fourth-order valence-electron chi connectivity index (χ4n) is 2.91. The number of rotatable bonds is 3. The van der Waals surface area contributed by atoms with Gasteiger partial charge in [0.05, 0.1) is 17.9 Å². The molecule has 0 atom stereocenters. The highest BCUT2D eigenvalue weighted by Crippen LogP contribution is 2.23. The second-order valence-electron chi connectivity index (χ2n) is 6.55. The summed E-state index contributed by atoms with van der Waals surface area (Å²) in [7, 11) is 0. The van der Waals surface area contributed by atoms with Crippen molar-refractivity contribution >= 4 is 11.7 Å². The first-order valence-corrected chi connectivity index (χ1v) is 8.64. The first kappa shape index (κ1) is 16.4. The van der Waals surface area contributed by atoms with Crippen molar-refractivity contribution in [3.05, 3.63) is 63.4 Å². The Kier molecular flexibility index (Phi) is 3.57. The Bertz CT molecular complexity index is 1380. The molecule has 0 spiro atoms. The summed E-state index contributed by atoms with van der Waals surface area (Å²) >= 11 is 0. The van der Waals surface area contributed by atoms with Crippen molar-refractivity contribution in [2.24, 2.45) is 4.99 Å². The quantitative estimate of drug-likeness (QED) is 0.441. The van der Waals surface area contributed by atoms with Gasteiger partial charge in [0, 0.05) is 29.1 Å².